The predicted molar refractivity (Wildman–Crippen MR) is 81.9 cm³/mol. The lowest BCUT2D eigenvalue weighted by Gasteiger charge is -2.00. The van der Waals surface area contributed by atoms with E-state index in [9.17, 15) is 14.9 Å². The Morgan fingerprint density at radius 3 is 2.67 bits per heavy atom. The van der Waals surface area contributed by atoms with Crippen LogP contribution < -0.4 is 5.43 Å². The van der Waals surface area contributed by atoms with Gasteiger partial charge in [0.15, 0.2) is 0 Å². The maximum atomic E-state index is 11.6. The van der Waals surface area contributed by atoms with Crippen LogP contribution in [0.15, 0.2) is 41.5 Å². The number of amides is 1. The summed E-state index contributed by atoms with van der Waals surface area (Å²) in [5, 5.41) is 14.9. The molecule has 1 amide bonds. The lowest BCUT2D eigenvalue weighted by molar-refractivity contribution is -0.380. The Morgan fingerprint density at radius 1 is 1.33 bits per heavy atom. The minimum absolute atomic E-state index is 0.0314. The van der Waals surface area contributed by atoms with Crippen molar-refractivity contribution in [3.63, 3.8) is 0 Å². The molecule has 0 spiro atoms. The maximum Gasteiger partial charge on any atom is 0.324 e. The average Bonchev–Trinajstić information content (AvgIpc) is 2.90. The Bertz CT molecular complexity index is 682. The van der Waals surface area contributed by atoms with Crippen LogP contribution >= 0.6 is 22.9 Å². The molecular weight excluding hydrogens is 314 g/mol. The van der Waals surface area contributed by atoms with Crippen molar-refractivity contribution in [3.8, 4) is 0 Å². The van der Waals surface area contributed by atoms with Gasteiger partial charge in [0.1, 0.15) is 0 Å². The zero-order valence-electron chi connectivity index (χ0n) is 10.7. The number of rotatable bonds is 5. The number of benzene rings is 1. The van der Waals surface area contributed by atoms with Gasteiger partial charge in [-0.25, -0.2) is 5.43 Å². The lowest BCUT2D eigenvalue weighted by Crippen LogP contribution is -2.19. The van der Waals surface area contributed by atoms with Crippen LogP contribution in [0.5, 0.6) is 0 Å². The highest BCUT2D eigenvalue weighted by Crippen LogP contribution is 2.22. The normalized spacial score (nSPS) is 10.7. The average molecular weight is 324 g/mol. The number of hydrogen-bond donors (Lipinski definition) is 1. The third-order valence-electron chi connectivity index (χ3n) is 2.45. The molecule has 1 N–H and O–H groups in total. The first-order chi connectivity index (χ1) is 10.0. The van der Waals surface area contributed by atoms with Gasteiger partial charge in [0, 0.05) is 11.1 Å². The number of hydrogen-bond acceptors (Lipinski definition) is 5. The first kappa shape index (κ1) is 15.1. The van der Waals surface area contributed by atoms with Crippen molar-refractivity contribution in [2.75, 3.05) is 0 Å². The first-order valence-electron chi connectivity index (χ1n) is 5.85. The lowest BCUT2D eigenvalue weighted by atomic mass is 10.1. The van der Waals surface area contributed by atoms with E-state index in [2.05, 4.69) is 10.5 Å². The summed E-state index contributed by atoms with van der Waals surface area (Å²) in [7, 11) is 0. The quantitative estimate of drug-likeness (QED) is 0.521. The number of nitrogens with one attached hydrogen (secondary N) is 1. The van der Waals surface area contributed by atoms with Gasteiger partial charge in [0.05, 0.1) is 22.4 Å². The number of nitrogens with zero attached hydrogens (tertiary/aromatic N) is 2. The molecule has 8 heteroatoms. The van der Waals surface area contributed by atoms with Crippen LogP contribution in [0, 0.1) is 10.1 Å². The molecule has 0 aliphatic carbocycles. The molecule has 0 radical (unpaired) electrons. The van der Waals surface area contributed by atoms with Crippen LogP contribution in [-0.4, -0.2) is 17.0 Å². The third kappa shape index (κ3) is 4.66. The summed E-state index contributed by atoms with van der Waals surface area (Å²) in [5.41, 5.74) is 3.19. The summed E-state index contributed by atoms with van der Waals surface area (Å²) in [5.74, 6) is -0.278. The van der Waals surface area contributed by atoms with E-state index in [-0.39, 0.29) is 17.3 Å². The molecule has 1 aromatic heterocycles. The van der Waals surface area contributed by atoms with E-state index in [0.717, 1.165) is 16.9 Å². The number of thiophene rings is 1. The van der Waals surface area contributed by atoms with Crippen LogP contribution in [0.3, 0.4) is 0 Å². The summed E-state index contributed by atoms with van der Waals surface area (Å²) in [6.07, 6.45) is 1.55. The van der Waals surface area contributed by atoms with Gasteiger partial charge in [-0.3, -0.25) is 14.9 Å². The van der Waals surface area contributed by atoms with Gasteiger partial charge >= 0.3 is 5.00 Å². The fourth-order valence-corrected chi connectivity index (χ4v) is 2.32. The zero-order valence-corrected chi connectivity index (χ0v) is 12.2. The van der Waals surface area contributed by atoms with E-state index < -0.39 is 4.92 Å². The predicted octanol–water partition coefficient (Wildman–Crippen LogP) is 3.00. The van der Waals surface area contributed by atoms with E-state index in [1.807, 2.05) is 0 Å². The SMILES string of the molecule is O=C(Cc1ccc(Cl)cc1)NN=Cc1ccc([N+](=O)[O-])s1. The van der Waals surface area contributed by atoms with Gasteiger partial charge in [0.2, 0.25) is 5.91 Å². The Labute approximate surface area is 129 Å². The van der Waals surface area contributed by atoms with Crippen molar-refractivity contribution in [1.82, 2.24) is 5.43 Å². The van der Waals surface area contributed by atoms with Crippen LogP contribution in [-0.2, 0) is 11.2 Å². The van der Waals surface area contributed by atoms with Crippen molar-refractivity contribution in [1.29, 1.82) is 0 Å². The monoisotopic (exact) mass is 323 g/mol. The molecule has 0 aliphatic heterocycles. The van der Waals surface area contributed by atoms with Crippen molar-refractivity contribution in [3.05, 3.63) is 62.0 Å². The van der Waals surface area contributed by atoms with Gasteiger partial charge < -0.3 is 0 Å². The number of carbonyl (C=O) groups excluding carboxylic acids is 1. The van der Waals surface area contributed by atoms with Crippen molar-refractivity contribution >= 4 is 40.1 Å². The van der Waals surface area contributed by atoms with Gasteiger partial charge in [-0.2, -0.15) is 5.10 Å². The van der Waals surface area contributed by atoms with E-state index in [4.69, 9.17) is 11.6 Å². The van der Waals surface area contributed by atoms with Crippen LogP contribution in [0.1, 0.15) is 10.4 Å². The molecule has 0 aliphatic rings. The van der Waals surface area contributed by atoms with E-state index in [1.54, 1.807) is 30.3 Å². The second-order valence-electron chi connectivity index (χ2n) is 4.03. The number of nitro groups is 1. The highest BCUT2D eigenvalue weighted by molar-refractivity contribution is 7.16. The fraction of sp³-hybridized carbons (Fsp3) is 0.0769. The molecule has 21 heavy (non-hydrogen) atoms. The van der Waals surface area contributed by atoms with Gasteiger partial charge in [-0.1, -0.05) is 35.1 Å². The van der Waals surface area contributed by atoms with Crippen LogP contribution in [0.25, 0.3) is 0 Å². The first-order valence-corrected chi connectivity index (χ1v) is 7.04. The smallest absolute Gasteiger partial charge is 0.273 e. The molecule has 0 atom stereocenters. The molecule has 0 bridgehead atoms. The summed E-state index contributed by atoms with van der Waals surface area (Å²) < 4.78 is 0. The summed E-state index contributed by atoms with van der Waals surface area (Å²) in [4.78, 5) is 22.3. The Balaban J connectivity index is 1.86. The van der Waals surface area contributed by atoms with Crippen LogP contribution in [0.4, 0.5) is 5.00 Å². The second kappa shape index (κ2) is 6.96. The minimum atomic E-state index is -0.471. The topological polar surface area (TPSA) is 84.6 Å². The summed E-state index contributed by atoms with van der Waals surface area (Å²) >= 11 is 6.74. The molecule has 2 aromatic rings. The molecule has 108 valence electrons. The Hall–Kier alpha value is -2.25. The standard InChI is InChI=1S/C13H10ClN3O3S/c14-10-3-1-9(2-4-10)7-12(18)16-15-8-11-5-6-13(21-11)17(19)20/h1-6,8H,7H2,(H,16,18). The van der Waals surface area contributed by atoms with Crippen LogP contribution in [0.2, 0.25) is 5.02 Å². The van der Waals surface area contributed by atoms with Crippen molar-refractivity contribution in [2.24, 2.45) is 5.10 Å². The molecule has 2 rings (SSSR count). The van der Waals surface area contributed by atoms with Gasteiger partial charge in [-0.05, 0) is 23.8 Å². The molecule has 6 nitrogen and oxygen atoms in total. The molecule has 0 fully saturated rings. The van der Waals surface area contributed by atoms with E-state index in [0.29, 0.717) is 9.90 Å². The molecule has 0 unspecified atom stereocenters. The highest BCUT2D eigenvalue weighted by atomic mass is 35.5. The van der Waals surface area contributed by atoms with Gasteiger partial charge in [-0.15, -0.1) is 0 Å². The number of carbonyl (C=O) groups is 1. The summed E-state index contributed by atoms with van der Waals surface area (Å²) in [6, 6.07) is 9.89. The van der Waals surface area contributed by atoms with Gasteiger partial charge in [0.25, 0.3) is 0 Å². The Kier molecular flexibility index (Phi) is 5.02. The van der Waals surface area contributed by atoms with Crippen molar-refractivity contribution < 1.29 is 9.72 Å². The third-order valence-corrected chi connectivity index (χ3v) is 3.67. The molecular formula is C13H10ClN3O3S. The summed E-state index contributed by atoms with van der Waals surface area (Å²) in [6.45, 7) is 0. The van der Waals surface area contributed by atoms with Crippen molar-refractivity contribution in [2.45, 2.75) is 6.42 Å². The number of halogens is 1. The second-order valence-corrected chi connectivity index (χ2v) is 5.56. The Morgan fingerprint density at radius 2 is 2.05 bits per heavy atom. The number of hydrazone groups is 1. The maximum absolute atomic E-state index is 11.6. The highest BCUT2D eigenvalue weighted by Gasteiger charge is 2.08. The fourth-order valence-electron chi connectivity index (χ4n) is 1.50. The molecule has 0 saturated carbocycles. The van der Waals surface area contributed by atoms with E-state index >= 15 is 0 Å². The van der Waals surface area contributed by atoms with E-state index in [1.165, 1.54) is 12.3 Å². The largest absolute Gasteiger partial charge is 0.324 e. The minimum Gasteiger partial charge on any atom is -0.273 e. The molecule has 1 aromatic carbocycles. The zero-order chi connectivity index (χ0) is 15.2. The molecule has 1 heterocycles. The molecule has 0 saturated heterocycles.